The molecule has 5 rings (SSSR count). The molecule has 1 aliphatic heterocycles. The predicted molar refractivity (Wildman–Crippen MR) is 157 cm³/mol. The number of aryl methyl sites for hydroxylation is 2. The molecule has 7 heteroatoms. The Bertz CT molecular complexity index is 1430. The smallest absolute Gasteiger partial charge is 0.227 e. The van der Waals surface area contributed by atoms with Gasteiger partial charge in [0, 0.05) is 43.3 Å². The molecule has 0 atom stereocenters. The number of anilines is 2. The standard InChI is InChI=1S/C30H37BrN6/c1-20-8-9-22(29(2,3)4)16-21(20)17-25-26-27(32-19-35(26)7)34-28(33-25)36-14-15-37(30(5,6)18-36)24-12-10-23(31)11-13-24/h8-13,16,19H,14-15,17-18H2,1-7H3. The number of aromatic nitrogens is 4. The highest BCUT2D eigenvalue weighted by atomic mass is 79.9. The second-order valence-corrected chi connectivity index (χ2v) is 12.8. The van der Waals surface area contributed by atoms with Crippen LogP contribution in [0, 0.1) is 6.92 Å². The first-order valence-electron chi connectivity index (χ1n) is 13.0. The minimum Gasteiger partial charge on any atom is -0.363 e. The van der Waals surface area contributed by atoms with Crippen LogP contribution >= 0.6 is 15.9 Å². The number of benzene rings is 2. The van der Waals surface area contributed by atoms with Crippen LogP contribution in [0.1, 0.15) is 57.0 Å². The summed E-state index contributed by atoms with van der Waals surface area (Å²) in [7, 11) is 2.03. The van der Waals surface area contributed by atoms with Gasteiger partial charge in [-0.3, -0.25) is 0 Å². The number of imidazole rings is 1. The number of rotatable bonds is 4. The summed E-state index contributed by atoms with van der Waals surface area (Å²) in [6, 6.07) is 15.4. The molecule has 3 heterocycles. The van der Waals surface area contributed by atoms with Crippen molar-refractivity contribution in [1.29, 1.82) is 0 Å². The third-order valence-corrected chi connectivity index (χ3v) is 8.06. The van der Waals surface area contributed by atoms with Gasteiger partial charge in [0.25, 0.3) is 0 Å². The van der Waals surface area contributed by atoms with Crippen molar-refractivity contribution in [3.8, 4) is 0 Å². The summed E-state index contributed by atoms with van der Waals surface area (Å²) in [5, 5.41) is 0. The monoisotopic (exact) mass is 560 g/mol. The molecule has 1 saturated heterocycles. The molecule has 6 nitrogen and oxygen atoms in total. The zero-order valence-corrected chi connectivity index (χ0v) is 24.6. The van der Waals surface area contributed by atoms with Gasteiger partial charge in [-0.25, -0.2) is 9.97 Å². The number of halogens is 1. The van der Waals surface area contributed by atoms with Gasteiger partial charge in [-0.1, -0.05) is 54.9 Å². The van der Waals surface area contributed by atoms with Gasteiger partial charge in [0.1, 0.15) is 5.52 Å². The third-order valence-electron chi connectivity index (χ3n) is 7.53. The molecule has 0 spiro atoms. The van der Waals surface area contributed by atoms with E-state index in [2.05, 4.69) is 115 Å². The van der Waals surface area contributed by atoms with E-state index in [4.69, 9.17) is 9.97 Å². The Hall–Kier alpha value is -2.93. The molecule has 0 aliphatic carbocycles. The first-order chi connectivity index (χ1) is 17.4. The van der Waals surface area contributed by atoms with Gasteiger partial charge < -0.3 is 14.4 Å². The van der Waals surface area contributed by atoms with E-state index in [-0.39, 0.29) is 11.0 Å². The summed E-state index contributed by atoms with van der Waals surface area (Å²) in [6.07, 6.45) is 2.60. The molecule has 0 saturated carbocycles. The molecule has 37 heavy (non-hydrogen) atoms. The van der Waals surface area contributed by atoms with E-state index in [1.807, 2.05) is 17.9 Å². The molecule has 2 aromatic carbocycles. The molecule has 0 radical (unpaired) electrons. The minimum absolute atomic E-state index is 0.0771. The van der Waals surface area contributed by atoms with Crippen LogP contribution in [0.2, 0.25) is 0 Å². The van der Waals surface area contributed by atoms with Gasteiger partial charge in [-0.2, -0.15) is 4.98 Å². The Labute approximate surface area is 228 Å². The van der Waals surface area contributed by atoms with Crippen molar-refractivity contribution < 1.29 is 0 Å². The van der Waals surface area contributed by atoms with E-state index < -0.39 is 0 Å². The lowest BCUT2D eigenvalue weighted by atomic mass is 9.84. The predicted octanol–water partition coefficient (Wildman–Crippen LogP) is 6.43. The highest BCUT2D eigenvalue weighted by Crippen LogP contribution is 2.32. The Balaban J connectivity index is 1.49. The average molecular weight is 562 g/mol. The van der Waals surface area contributed by atoms with Gasteiger partial charge in [0.2, 0.25) is 5.95 Å². The third kappa shape index (κ3) is 5.11. The van der Waals surface area contributed by atoms with Crippen LogP contribution in [-0.4, -0.2) is 44.7 Å². The van der Waals surface area contributed by atoms with Crippen LogP contribution in [-0.2, 0) is 18.9 Å². The zero-order valence-electron chi connectivity index (χ0n) is 23.0. The summed E-state index contributed by atoms with van der Waals surface area (Å²) in [6.45, 7) is 16.2. The van der Waals surface area contributed by atoms with Gasteiger partial charge >= 0.3 is 0 Å². The van der Waals surface area contributed by atoms with Crippen LogP contribution in [0.15, 0.2) is 53.3 Å². The largest absolute Gasteiger partial charge is 0.363 e. The van der Waals surface area contributed by atoms with Gasteiger partial charge in [-0.05, 0) is 67.1 Å². The second kappa shape index (κ2) is 9.43. The van der Waals surface area contributed by atoms with Crippen LogP contribution in [0.3, 0.4) is 0 Å². The van der Waals surface area contributed by atoms with Crippen LogP contribution in [0.25, 0.3) is 11.2 Å². The van der Waals surface area contributed by atoms with E-state index in [9.17, 15) is 0 Å². The van der Waals surface area contributed by atoms with E-state index in [0.29, 0.717) is 0 Å². The lowest BCUT2D eigenvalue weighted by molar-refractivity contribution is 0.411. The fourth-order valence-corrected chi connectivity index (χ4v) is 5.59. The van der Waals surface area contributed by atoms with Gasteiger partial charge in [-0.15, -0.1) is 0 Å². The average Bonchev–Trinajstić information content (AvgIpc) is 3.21. The zero-order chi connectivity index (χ0) is 26.5. The molecule has 0 unspecified atom stereocenters. The number of hydrogen-bond acceptors (Lipinski definition) is 5. The maximum atomic E-state index is 5.19. The highest BCUT2D eigenvalue weighted by Gasteiger charge is 2.35. The van der Waals surface area contributed by atoms with Crippen LogP contribution in [0.4, 0.5) is 11.6 Å². The first-order valence-corrected chi connectivity index (χ1v) is 13.8. The summed E-state index contributed by atoms with van der Waals surface area (Å²) in [4.78, 5) is 19.6. The van der Waals surface area contributed by atoms with Crippen molar-refractivity contribution in [2.45, 2.75) is 58.9 Å². The molecule has 0 N–H and O–H groups in total. The quantitative estimate of drug-likeness (QED) is 0.288. The molecule has 0 bridgehead atoms. The first kappa shape index (κ1) is 25.7. The van der Waals surface area contributed by atoms with Crippen molar-refractivity contribution in [2.75, 3.05) is 29.4 Å². The lowest BCUT2D eigenvalue weighted by Gasteiger charge is -2.48. The molecule has 2 aromatic heterocycles. The summed E-state index contributed by atoms with van der Waals surface area (Å²) in [5.41, 5.74) is 8.00. The summed E-state index contributed by atoms with van der Waals surface area (Å²) >= 11 is 3.56. The van der Waals surface area contributed by atoms with Crippen LogP contribution in [0.5, 0.6) is 0 Å². The maximum Gasteiger partial charge on any atom is 0.227 e. The van der Waals surface area contributed by atoms with Crippen molar-refractivity contribution in [3.05, 3.63) is 75.6 Å². The Morgan fingerprint density at radius 2 is 1.73 bits per heavy atom. The Morgan fingerprint density at radius 3 is 2.41 bits per heavy atom. The fourth-order valence-electron chi connectivity index (χ4n) is 5.32. The summed E-state index contributed by atoms with van der Waals surface area (Å²) < 4.78 is 3.15. The number of nitrogens with zero attached hydrogens (tertiary/aromatic N) is 6. The Morgan fingerprint density at radius 1 is 1.00 bits per heavy atom. The normalized spacial score (nSPS) is 16.0. The van der Waals surface area contributed by atoms with E-state index in [1.165, 1.54) is 22.4 Å². The van der Waals surface area contributed by atoms with E-state index in [0.717, 1.165) is 53.3 Å². The SMILES string of the molecule is Cc1ccc(C(C)(C)C)cc1Cc1nc(N2CCN(c3ccc(Br)cc3)C(C)(C)C2)nc2ncn(C)c12. The molecule has 1 aliphatic rings. The maximum absolute atomic E-state index is 5.19. The van der Waals surface area contributed by atoms with Crippen molar-refractivity contribution in [2.24, 2.45) is 7.05 Å². The fraction of sp³-hybridized carbons (Fsp3) is 0.433. The molecule has 1 fully saturated rings. The molecule has 0 amide bonds. The number of fused-ring (bicyclic) bond motifs is 1. The minimum atomic E-state index is -0.0771. The highest BCUT2D eigenvalue weighted by molar-refractivity contribution is 9.10. The Kier molecular flexibility index (Phi) is 6.55. The topological polar surface area (TPSA) is 50.1 Å². The molecule has 194 valence electrons. The van der Waals surface area contributed by atoms with Crippen LogP contribution < -0.4 is 9.80 Å². The van der Waals surface area contributed by atoms with Gasteiger partial charge in [0.15, 0.2) is 5.65 Å². The molecular formula is C30H37BrN6. The number of piperazine rings is 1. The van der Waals surface area contributed by atoms with E-state index in [1.54, 1.807) is 0 Å². The summed E-state index contributed by atoms with van der Waals surface area (Å²) in [5.74, 6) is 0.773. The van der Waals surface area contributed by atoms with Crippen molar-refractivity contribution in [1.82, 2.24) is 19.5 Å². The lowest BCUT2D eigenvalue weighted by Crippen LogP contribution is -2.60. The van der Waals surface area contributed by atoms with E-state index >= 15 is 0 Å². The molecule has 4 aromatic rings. The van der Waals surface area contributed by atoms with Crippen molar-refractivity contribution in [3.63, 3.8) is 0 Å². The van der Waals surface area contributed by atoms with Crippen molar-refractivity contribution >= 4 is 38.7 Å². The van der Waals surface area contributed by atoms with Gasteiger partial charge in [0.05, 0.1) is 17.6 Å². The molecular weight excluding hydrogens is 524 g/mol. The second-order valence-electron chi connectivity index (χ2n) is 11.9. The number of hydrogen-bond donors (Lipinski definition) is 0.